The summed E-state index contributed by atoms with van der Waals surface area (Å²) in [5.74, 6) is -4.13. The van der Waals surface area contributed by atoms with Gasteiger partial charge in [-0.1, -0.05) is 0 Å². The lowest BCUT2D eigenvalue weighted by molar-refractivity contribution is -0.612. The van der Waals surface area contributed by atoms with Crippen molar-refractivity contribution in [2.24, 2.45) is 0 Å². The Morgan fingerprint density at radius 3 is 2.53 bits per heavy atom. The third kappa shape index (κ3) is 3.03. The quantitative estimate of drug-likeness (QED) is 0.373. The molecule has 80 valence electrons. The van der Waals surface area contributed by atoms with E-state index < -0.39 is 23.8 Å². The fourth-order valence-electron chi connectivity index (χ4n) is 1.17. The van der Waals surface area contributed by atoms with Gasteiger partial charge in [-0.15, -0.1) is 0 Å². The zero-order valence-electron chi connectivity index (χ0n) is 7.64. The number of carbonyl (C=O) groups excluding carboxylic acids is 3. The van der Waals surface area contributed by atoms with Crippen LogP contribution >= 0.6 is 0 Å². The van der Waals surface area contributed by atoms with E-state index in [1.54, 1.807) is 0 Å². The van der Waals surface area contributed by atoms with Crippen LogP contribution in [0.4, 0.5) is 0 Å². The molecule has 2 N–H and O–H groups in total. The largest absolute Gasteiger partial charge is 0.544 e. The number of nitrogens with two attached hydrogens (primary N) is 1. The van der Waals surface area contributed by atoms with E-state index in [-0.39, 0.29) is 6.42 Å². The molecule has 0 saturated carbocycles. The summed E-state index contributed by atoms with van der Waals surface area (Å²) in [6, 6.07) is -0.706. The average molecular weight is 210 g/mol. The first-order valence-electron chi connectivity index (χ1n) is 4.19. The number of carbonyl (C=O) groups is 3. The van der Waals surface area contributed by atoms with Crippen LogP contribution in [0.3, 0.4) is 0 Å². The molecule has 0 aliphatic carbocycles. The molecule has 1 unspecified atom stereocenters. The van der Waals surface area contributed by atoms with Gasteiger partial charge in [0.15, 0.2) is 0 Å². The maximum Gasteiger partial charge on any atom is 0.201 e. The number of quaternary nitrogens is 1. The number of hydrogen-bond acceptors (Lipinski definition) is 5. The summed E-state index contributed by atoms with van der Waals surface area (Å²) in [6.07, 6.45) is 3.82. The molecule has 0 aromatic heterocycles. The van der Waals surface area contributed by atoms with E-state index in [4.69, 9.17) is 0 Å². The standard InChI is InChI=1S/C9H9NO5/c11-7(9(14)15)2-1-5-3-6(8(12)13)10-4-5/h1-2,4,6,10H,3H2,(H,12,13)(H,14,15)/p-1/b2-1-. The van der Waals surface area contributed by atoms with E-state index in [0.717, 1.165) is 6.08 Å². The van der Waals surface area contributed by atoms with Crippen molar-refractivity contribution in [2.75, 3.05) is 0 Å². The van der Waals surface area contributed by atoms with Gasteiger partial charge >= 0.3 is 0 Å². The molecule has 0 fully saturated rings. The average Bonchev–Trinajstić information content (AvgIpc) is 2.62. The molecule has 6 heteroatoms. The Hall–Kier alpha value is -1.95. The van der Waals surface area contributed by atoms with Gasteiger partial charge in [0.25, 0.3) is 0 Å². The third-order valence-electron chi connectivity index (χ3n) is 1.95. The third-order valence-corrected chi connectivity index (χ3v) is 1.95. The molecule has 15 heavy (non-hydrogen) atoms. The highest BCUT2D eigenvalue weighted by Gasteiger charge is 2.20. The molecule has 0 bridgehead atoms. The first-order valence-corrected chi connectivity index (χ1v) is 4.19. The summed E-state index contributed by atoms with van der Waals surface area (Å²) < 4.78 is 0. The Kier molecular flexibility index (Phi) is 3.35. The number of allylic oxidation sites excluding steroid dienone is 1. The van der Waals surface area contributed by atoms with Crippen LogP contribution in [0.1, 0.15) is 6.42 Å². The molecule has 1 aliphatic heterocycles. The number of carboxylic acids is 2. The van der Waals surface area contributed by atoms with E-state index in [9.17, 15) is 24.6 Å². The second-order valence-corrected chi connectivity index (χ2v) is 3.05. The number of carboxylic acid groups (broad SMARTS) is 2. The van der Waals surface area contributed by atoms with Crippen LogP contribution in [0.25, 0.3) is 0 Å². The highest BCUT2D eigenvalue weighted by Crippen LogP contribution is 2.07. The first-order chi connectivity index (χ1) is 7.00. The van der Waals surface area contributed by atoms with Crippen molar-refractivity contribution in [3.8, 4) is 0 Å². The fraction of sp³-hybridized carbons (Fsp3) is 0.222. The minimum atomic E-state index is -1.79. The molecule has 0 saturated heterocycles. The van der Waals surface area contributed by atoms with Crippen LogP contribution in [-0.2, 0) is 14.4 Å². The Morgan fingerprint density at radius 2 is 2.07 bits per heavy atom. The molecule has 0 radical (unpaired) electrons. The van der Waals surface area contributed by atoms with Crippen LogP contribution in [-0.4, -0.2) is 23.8 Å². The van der Waals surface area contributed by atoms with Crippen molar-refractivity contribution in [2.45, 2.75) is 12.5 Å². The summed E-state index contributed by atoms with van der Waals surface area (Å²) in [4.78, 5) is 31.1. The number of ketones is 1. The second kappa shape index (κ2) is 4.52. The summed E-state index contributed by atoms with van der Waals surface area (Å²) >= 11 is 0. The fourth-order valence-corrected chi connectivity index (χ4v) is 1.17. The van der Waals surface area contributed by atoms with Gasteiger partial charge in [-0.05, 0) is 12.2 Å². The summed E-state index contributed by atoms with van der Waals surface area (Å²) in [5, 5.41) is 21.9. The molecule has 0 aromatic carbocycles. The molecule has 1 atom stereocenters. The molecule has 1 rings (SSSR count). The van der Waals surface area contributed by atoms with Crippen molar-refractivity contribution in [1.82, 2.24) is 0 Å². The maximum atomic E-state index is 10.6. The van der Waals surface area contributed by atoms with Gasteiger partial charge in [0, 0.05) is 12.0 Å². The Bertz CT molecular complexity index is 369. The van der Waals surface area contributed by atoms with Gasteiger partial charge in [0.2, 0.25) is 5.78 Å². The van der Waals surface area contributed by atoms with Gasteiger partial charge in [0.05, 0.1) is 12.2 Å². The Morgan fingerprint density at radius 1 is 1.40 bits per heavy atom. The van der Waals surface area contributed by atoms with Crippen molar-refractivity contribution in [3.05, 3.63) is 23.9 Å². The van der Waals surface area contributed by atoms with Gasteiger partial charge in [-0.2, -0.15) is 0 Å². The van der Waals surface area contributed by atoms with E-state index in [2.05, 4.69) is 0 Å². The molecule has 6 nitrogen and oxygen atoms in total. The smallest absolute Gasteiger partial charge is 0.201 e. The highest BCUT2D eigenvalue weighted by molar-refractivity contribution is 6.36. The lowest BCUT2D eigenvalue weighted by Crippen LogP contribution is -2.86. The Labute approximate surface area is 84.9 Å². The lowest BCUT2D eigenvalue weighted by atomic mass is 10.1. The van der Waals surface area contributed by atoms with Crippen LogP contribution in [0, 0.1) is 0 Å². The van der Waals surface area contributed by atoms with E-state index in [0.29, 0.717) is 5.57 Å². The van der Waals surface area contributed by atoms with Crippen LogP contribution in [0.15, 0.2) is 23.9 Å². The zero-order chi connectivity index (χ0) is 11.4. The predicted octanol–water partition coefficient (Wildman–Crippen LogP) is -4.17. The molecule has 0 spiro atoms. The zero-order valence-corrected chi connectivity index (χ0v) is 7.64. The molecule has 0 aromatic rings. The first kappa shape index (κ1) is 11.1. The van der Waals surface area contributed by atoms with Crippen LogP contribution < -0.4 is 15.5 Å². The number of hydrogen-bond donors (Lipinski definition) is 1. The summed E-state index contributed by atoms with van der Waals surface area (Å²) in [6.45, 7) is 0. The molecular weight excluding hydrogens is 202 g/mol. The van der Waals surface area contributed by atoms with Crippen molar-refractivity contribution >= 4 is 17.7 Å². The van der Waals surface area contributed by atoms with Gasteiger partial charge in [-0.3, -0.25) is 4.79 Å². The van der Waals surface area contributed by atoms with Crippen molar-refractivity contribution in [3.63, 3.8) is 0 Å². The summed E-state index contributed by atoms with van der Waals surface area (Å²) in [7, 11) is 0. The minimum absolute atomic E-state index is 0.208. The SMILES string of the molecule is O=C([O-])C(=O)/C=C\C1=C[NH2+]C(C(=O)[O-])C1. The normalized spacial score (nSPS) is 20.3. The van der Waals surface area contributed by atoms with Crippen LogP contribution in [0.5, 0.6) is 0 Å². The van der Waals surface area contributed by atoms with Crippen LogP contribution in [0.2, 0.25) is 0 Å². The minimum Gasteiger partial charge on any atom is -0.544 e. The second-order valence-electron chi connectivity index (χ2n) is 3.05. The molecule has 1 heterocycles. The van der Waals surface area contributed by atoms with Crippen molar-refractivity contribution in [1.29, 1.82) is 0 Å². The van der Waals surface area contributed by atoms with E-state index in [1.165, 1.54) is 17.6 Å². The van der Waals surface area contributed by atoms with Gasteiger partial charge in [-0.25, -0.2) is 0 Å². The van der Waals surface area contributed by atoms with Gasteiger partial charge < -0.3 is 25.1 Å². The highest BCUT2D eigenvalue weighted by atomic mass is 16.4. The molecular formula is C9H8NO5-. The lowest BCUT2D eigenvalue weighted by Gasteiger charge is -2.06. The molecule has 1 aliphatic rings. The monoisotopic (exact) mass is 210 g/mol. The van der Waals surface area contributed by atoms with E-state index in [1.807, 2.05) is 0 Å². The summed E-state index contributed by atoms with van der Waals surface area (Å²) in [5.41, 5.74) is 0.568. The Balaban J connectivity index is 2.52. The topological polar surface area (TPSA) is 114 Å². The maximum absolute atomic E-state index is 10.6. The number of aliphatic carboxylic acids is 2. The molecule has 0 amide bonds. The van der Waals surface area contributed by atoms with E-state index >= 15 is 0 Å². The predicted molar refractivity (Wildman–Crippen MR) is 42.6 cm³/mol. The van der Waals surface area contributed by atoms with Gasteiger partial charge in [0.1, 0.15) is 12.0 Å². The van der Waals surface area contributed by atoms with Crippen molar-refractivity contribution < 1.29 is 29.9 Å². The number of rotatable bonds is 4.